The van der Waals surface area contributed by atoms with Crippen molar-refractivity contribution in [1.82, 2.24) is 5.32 Å². The Morgan fingerprint density at radius 2 is 2.22 bits per heavy atom. The first kappa shape index (κ1) is 17.0. The SMILES string of the molecule is CC(=O)N(CCC(=O)NCC1CCCO1)c1ccccc1C#N. The van der Waals surface area contributed by atoms with Crippen LogP contribution in [0, 0.1) is 11.3 Å². The quantitative estimate of drug-likeness (QED) is 0.864. The van der Waals surface area contributed by atoms with Gasteiger partial charge >= 0.3 is 0 Å². The standard InChI is InChI=1S/C17H21N3O3/c1-13(21)20(16-7-3-2-5-14(16)11-18)9-8-17(22)19-12-15-6-4-10-23-15/h2-3,5,7,15H,4,6,8-10,12H2,1H3,(H,19,22). The van der Waals surface area contributed by atoms with E-state index in [0.717, 1.165) is 19.4 Å². The molecule has 0 bridgehead atoms. The van der Waals surface area contributed by atoms with Crippen LogP contribution in [-0.4, -0.2) is 37.6 Å². The zero-order valence-electron chi connectivity index (χ0n) is 13.2. The fourth-order valence-corrected chi connectivity index (χ4v) is 2.59. The van der Waals surface area contributed by atoms with E-state index in [1.165, 1.54) is 11.8 Å². The molecule has 0 spiro atoms. The fraction of sp³-hybridized carbons (Fsp3) is 0.471. The second-order valence-corrected chi connectivity index (χ2v) is 5.49. The highest BCUT2D eigenvalue weighted by atomic mass is 16.5. The van der Waals surface area contributed by atoms with Gasteiger partial charge in [0.05, 0.1) is 17.4 Å². The molecule has 2 rings (SSSR count). The van der Waals surface area contributed by atoms with Crippen molar-refractivity contribution in [3.05, 3.63) is 29.8 Å². The average molecular weight is 315 g/mol. The number of benzene rings is 1. The number of hydrogen-bond donors (Lipinski definition) is 1. The third-order valence-corrected chi connectivity index (χ3v) is 3.81. The number of hydrogen-bond acceptors (Lipinski definition) is 4. The third kappa shape index (κ3) is 4.80. The first-order valence-corrected chi connectivity index (χ1v) is 7.77. The molecule has 1 aliphatic rings. The molecule has 1 aromatic rings. The molecule has 2 amide bonds. The number of amides is 2. The monoisotopic (exact) mass is 315 g/mol. The topological polar surface area (TPSA) is 82.4 Å². The molecule has 6 heteroatoms. The van der Waals surface area contributed by atoms with Crippen LogP contribution < -0.4 is 10.2 Å². The van der Waals surface area contributed by atoms with E-state index in [9.17, 15) is 9.59 Å². The Morgan fingerprint density at radius 1 is 1.43 bits per heavy atom. The summed E-state index contributed by atoms with van der Waals surface area (Å²) < 4.78 is 5.45. The number of anilines is 1. The zero-order valence-corrected chi connectivity index (χ0v) is 13.2. The molecule has 1 aromatic carbocycles. The van der Waals surface area contributed by atoms with Crippen molar-refractivity contribution >= 4 is 17.5 Å². The molecule has 0 saturated carbocycles. The highest BCUT2D eigenvalue weighted by molar-refractivity contribution is 5.93. The molecule has 1 N–H and O–H groups in total. The predicted octanol–water partition coefficient (Wildman–Crippen LogP) is 1.60. The van der Waals surface area contributed by atoms with Crippen LogP contribution in [-0.2, 0) is 14.3 Å². The second-order valence-electron chi connectivity index (χ2n) is 5.49. The summed E-state index contributed by atoms with van der Waals surface area (Å²) in [6.45, 7) is 2.93. The van der Waals surface area contributed by atoms with E-state index in [1.807, 2.05) is 0 Å². The largest absolute Gasteiger partial charge is 0.376 e. The minimum atomic E-state index is -0.195. The Morgan fingerprint density at radius 3 is 2.87 bits per heavy atom. The molecule has 122 valence electrons. The molecule has 0 aliphatic carbocycles. The summed E-state index contributed by atoms with van der Waals surface area (Å²) in [7, 11) is 0. The lowest BCUT2D eigenvalue weighted by Crippen LogP contribution is -2.36. The van der Waals surface area contributed by atoms with Crippen LogP contribution in [0.5, 0.6) is 0 Å². The number of para-hydroxylation sites is 1. The van der Waals surface area contributed by atoms with Crippen LogP contribution in [0.1, 0.15) is 31.7 Å². The van der Waals surface area contributed by atoms with Crippen LogP contribution in [0.4, 0.5) is 5.69 Å². The van der Waals surface area contributed by atoms with Crippen molar-refractivity contribution in [2.45, 2.75) is 32.3 Å². The Labute approximate surface area is 136 Å². The lowest BCUT2D eigenvalue weighted by Gasteiger charge is -2.22. The second kappa shape index (κ2) is 8.30. The molecule has 1 saturated heterocycles. The van der Waals surface area contributed by atoms with Crippen molar-refractivity contribution in [3.63, 3.8) is 0 Å². The van der Waals surface area contributed by atoms with E-state index >= 15 is 0 Å². The van der Waals surface area contributed by atoms with Crippen molar-refractivity contribution in [2.24, 2.45) is 0 Å². The summed E-state index contributed by atoms with van der Waals surface area (Å²) in [6.07, 6.45) is 2.28. The number of nitrogens with one attached hydrogen (secondary N) is 1. The van der Waals surface area contributed by atoms with Gasteiger partial charge in [-0.2, -0.15) is 5.26 Å². The van der Waals surface area contributed by atoms with Crippen LogP contribution in [0.25, 0.3) is 0 Å². The molecule has 1 heterocycles. The minimum Gasteiger partial charge on any atom is -0.376 e. The molecule has 1 aliphatic heterocycles. The van der Waals surface area contributed by atoms with Gasteiger partial charge in [-0.25, -0.2) is 0 Å². The van der Waals surface area contributed by atoms with Gasteiger partial charge in [-0.1, -0.05) is 12.1 Å². The molecule has 6 nitrogen and oxygen atoms in total. The van der Waals surface area contributed by atoms with Crippen molar-refractivity contribution < 1.29 is 14.3 Å². The van der Waals surface area contributed by atoms with Crippen LogP contribution >= 0.6 is 0 Å². The number of ether oxygens (including phenoxy) is 1. The van der Waals surface area contributed by atoms with E-state index in [-0.39, 0.29) is 30.9 Å². The highest BCUT2D eigenvalue weighted by Gasteiger charge is 2.18. The average Bonchev–Trinajstić information content (AvgIpc) is 3.06. The van der Waals surface area contributed by atoms with Gasteiger partial charge in [-0.05, 0) is 25.0 Å². The maximum atomic E-state index is 11.9. The summed E-state index contributed by atoms with van der Waals surface area (Å²) in [5.41, 5.74) is 0.955. The van der Waals surface area contributed by atoms with Crippen molar-refractivity contribution in [1.29, 1.82) is 5.26 Å². The van der Waals surface area contributed by atoms with Crippen LogP contribution in [0.2, 0.25) is 0 Å². The first-order chi connectivity index (χ1) is 11.1. The molecular weight excluding hydrogens is 294 g/mol. The molecule has 0 aromatic heterocycles. The number of rotatable bonds is 6. The van der Waals surface area contributed by atoms with Gasteiger partial charge in [-0.3, -0.25) is 9.59 Å². The number of nitriles is 1. The van der Waals surface area contributed by atoms with E-state index in [2.05, 4.69) is 11.4 Å². The zero-order chi connectivity index (χ0) is 16.7. The Hall–Kier alpha value is -2.39. The Balaban J connectivity index is 1.91. The molecule has 0 radical (unpaired) electrons. The van der Waals surface area contributed by atoms with Crippen molar-refractivity contribution in [2.75, 3.05) is 24.6 Å². The minimum absolute atomic E-state index is 0.0992. The lowest BCUT2D eigenvalue weighted by atomic mass is 10.1. The Kier molecular flexibility index (Phi) is 6.12. The first-order valence-electron chi connectivity index (χ1n) is 7.77. The van der Waals surface area contributed by atoms with Crippen LogP contribution in [0.15, 0.2) is 24.3 Å². The van der Waals surface area contributed by atoms with Gasteiger partial charge in [0.25, 0.3) is 0 Å². The summed E-state index contributed by atoms with van der Waals surface area (Å²) in [4.78, 5) is 25.3. The maximum Gasteiger partial charge on any atom is 0.223 e. The van der Waals surface area contributed by atoms with E-state index in [4.69, 9.17) is 10.00 Å². The molecule has 23 heavy (non-hydrogen) atoms. The predicted molar refractivity (Wildman–Crippen MR) is 85.8 cm³/mol. The van der Waals surface area contributed by atoms with Gasteiger partial charge in [0.2, 0.25) is 11.8 Å². The van der Waals surface area contributed by atoms with Crippen molar-refractivity contribution in [3.8, 4) is 6.07 Å². The highest BCUT2D eigenvalue weighted by Crippen LogP contribution is 2.20. The number of nitrogens with zero attached hydrogens (tertiary/aromatic N) is 2. The maximum absolute atomic E-state index is 11.9. The molecule has 1 atom stereocenters. The summed E-state index contributed by atoms with van der Waals surface area (Å²) in [5, 5.41) is 12.0. The fourth-order valence-electron chi connectivity index (χ4n) is 2.59. The van der Waals surface area contributed by atoms with E-state index in [0.29, 0.717) is 17.8 Å². The van der Waals surface area contributed by atoms with E-state index < -0.39 is 0 Å². The molecule has 1 unspecified atom stereocenters. The lowest BCUT2D eigenvalue weighted by molar-refractivity contribution is -0.121. The Bertz CT molecular complexity index is 603. The number of carbonyl (C=O) groups is 2. The molecular formula is C17H21N3O3. The van der Waals surface area contributed by atoms with Gasteiger partial charge in [0.1, 0.15) is 6.07 Å². The van der Waals surface area contributed by atoms with Gasteiger partial charge in [-0.15, -0.1) is 0 Å². The van der Waals surface area contributed by atoms with Crippen LogP contribution in [0.3, 0.4) is 0 Å². The number of carbonyl (C=O) groups excluding carboxylic acids is 2. The normalized spacial score (nSPS) is 16.6. The van der Waals surface area contributed by atoms with Gasteiger partial charge in [0.15, 0.2) is 0 Å². The summed E-state index contributed by atoms with van der Waals surface area (Å²) in [5.74, 6) is -0.319. The van der Waals surface area contributed by atoms with E-state index in [1.54, 1.807) is 24.3 Å². The smallest absolute Gasteiger partial charge is 0.223 e. The summed E-state index contributed by atoms with van der Waals surface area (Å²) in [6, 6.07) is 8.95. The van der Waals surface area contributed by atoms with Gasteiger partial charge in [0, 0.05) is 33.0 Å². The third-order valence-electron chi connectivity index (χ3n) is 3.81. The van der Waals surface area contributed by atoms with Gasteiger partial charge < -0.3 is 15.0 Å². The molecule has 1 fully saturated rings. The summed E-state index contributed by atoms with van der Waals surface area (Å²) >= 11 is 0.